The molecule has 0 bridgehead atoms. The lowest BCUT2D eigenvalue weighted by atomic mass is 9.90. The van der Waals surface area contributed by atoms with Crippen LogP contribution < -0.4 is 0 Å². The number of fused-ring (bicyclic) bond motifs is 2. The van der Waals surface area contributed by atoms with E-state index >= 15 is 0 Å². The van der Waals surface area contributed by atoms with Crippen LogP contribution in [0.4, 0.5) is 0 Å². The summed E-state index contributed by atoms with van der Waals surface area (Å²) in [5, 5.41) is 14.3. The SMILES string of the molecule is Cc1cnc2[nH]cc(-c3nc(-c4cccc(C5(O)CCn6ccnc65)c4)cs3)c2n1. The molecule has 2 N–H and O–H groups in total. The predicted octanol–water partition coefficient (Wildman–Crippen LogP) is 3.89. The molecule has 7 nitrogen and oxygen atoms in total. The molecular weight excluding hydrogens is 396 g/mol. The molecule has 0 fully saturated rings. The molecule has 1 aromatic carbocycles. The highest BCUT2D eigenvalue weighted by molar-refractivity contribution is 7.13. The van der Waals surface area contributed by atoms with Crippen molar-refractivity contribution in [2.75, 3.05) is 0 Å². The van der Waals surface area contributed by atoms with Crippen molar-refractivity contribution in [2.45, 2.75) is 25.5 Å². The van der Waals surface area contributed by atoms with E-state index in [2.05, 4.69) is 19.9 Å². The summed E-state index contributed by atoms with van der Waals surface area (Å²) in [6.07, 6.45) is 7.93. The zero-order chi connectivity index (χ0) is 20.3. The second kappa shape index (κ2) is 6.32. The lowest BCUT2D eigenvalue weighted by Gasteiger charge is -2.22. The molecule has 5 aromatic rings. The molecule has 0 amide bonds. The Balaban J connectivity index is 1.40. The summed E-state index contributed by atoms with van der Waals surface area (Å²) in [5.41, 5.74) is 5.02. The number of rotatable bonds is 3. The molecule has 8 heteroatoms. The Hall–Kier alpha value is -3.36. The van der Waals surface area contributed by atoms with Crippen LogP contribution in [-0.2, 0) is 12.1 Å². The monoisotopic (exact) mass is 414 g/mol. The summed E-state index contributed by atoms with van der Waals surface area (Å²) >= 11 is 1.57. The number of thiazole rings is 1. The summed E-state index contributed by atoms with van der Waals surface area (Å²) < 4.78 is 2.01. The maximum Gasteiger partial charge on any atom is 0.156 e. The standard InChI is InChI=1S/C22H18N6OS/c1-13-10-24-19-18(26-13)16(11-25-19)20-27-17(12-30-20)14-3-2-4-15(9-14)22(29)5-7-28-8-6-23-21(22)28/h2-4,6,8-12,29H,5,7H2,1H3,(H,24,25). The molecule has 5 heterocycles. The highest BCUT2D eigenvalue weighted by Crippen LogP contribution is 2.39. The van der Waals surface area contributed by atoms with Gasteiger partial charge in [-0.1, -0.05) is 18.2 Å². The van der Waals surface area contributed by atoms with Gasteiger partial charge in [-0.3, -0.25) is 0 Å². The van der Waals surface area contributed by atoms with Crippen LogP contribution in [0.3, 0.4) is 0 Å². The molecular formula is C22H18N6OS. The molecule has 1 aliphatic heterocycles. The average Bonchev–Trinajstić information content (AvgIpc) is 3.53. The van der Waals surface area contributed by atoms with Gasteiger partial charge in [0.1, 0.15) is 21.9 Å². The van der Waals surface area contributed by atoms with Gasteiger partial charge in [-0.25, -0.2) is 19.9 Å². The number of aryl methyl sites for hydroxylation is 2. The summed E-state index contributed by atoms with van der Waals surface area (Å²) in [7, 11) is 0. The van der Waals surface area contributed by atoms with Gasteiger partial charge in [0.15, 0.2) is 5.65 Å². The van der Waals surface area contributed by atoms with Gasteiger partial charge in [0.25, 0.3) is 0 Å². The molecule has 1 atom stereocenters. The maximum absolute atomic E-state index is 11.4. The number of H-pyrrole nitrogens is 1. The van der Waals surface area contributed by atoms with Crippen LogP contribution in [0, 0.1) is 6.92 Å². The molecule has 0 radical (unpaired) electrons. The van der Waals surface area contributed by atoms with Crippen LogP contribution in [0.25, 0.3) is 33.0 Å². The number of benzene rings is 1. The highest BCUT2D eigenvalue weighted by atomic mass is 32.1. The first kappa shape index (κ1) is 17.5. The molecule has 1 aliphatic rings. The van der Waals surface area contributed by atoms with Gasteiger partial charge in [-0.15, -0.1) is 11.3 Å². The van der Waals surface area contributed by atoms with Gasteiger partial charge in [0.05, 0.1) is 23.1 Å². The van der Waals surface area contributed by atoms with Crippen LogP contribution in [0.15, 0.2) is 54.4 Å². The number of aliphatic hydroxyl groups is 1. The molecule has 6 rings (SSSR count). The van der Waals surface area contributed by atoms with Crippen molar-refractivity contribution in [1.29, 1.82) is 0 Å². The molecule has 0 spiro atoms. The Bertz CT molecular complexity index is 1400. The topological polar surface area (TPSA) is 92.5 Å². The van der Waals surface area contributed by atoms with Crippen LogP contribution in [0.2, 0.25) is 0 Å². The van der Waals surface area contributed by atoms with E-state index in [-0.39, 0.29) is 0 Å². The van der Waals surface area contributed by atoms with Crippen molar-refractivity contribution in [3.8, 4) is 21.8 Å². The van der Waals surface area contributed by atoms with E-state index in [0.717, 1.165) is 50.8 Å². The van der Waals surface area contributed by atoms with Crippen LogP contribution in [-0.4, -0.2) is 34.6 Å². The Morgan fingerprint density at radius 1 is 1.23 bits per heavy atom. The molecule has 148 valence electrons. The third-order valence-corrected chi connectivity index (χ3v) is 6.55. The number of nitrogens with one attached hydrogen (secondary N) is 1. The van der Waals surface area contributed by atoms with Gasteiger partial charge in [0, 0.05) is 42.5 Å². The van der Waals surface area contributed by atoms with E-state index in [9.17, 15) is 5.11 Å². The van der Waals surface area contributed by atoms with Gasteiger partial charge in [0.2, 0.25) is 0 Å². The number of hydrogen-bond donors (Lipinski definition) is 2. The van der Waals surface area contributed by atoms with Crippen LogP contribution in [0.1, 0.15) is 23.5 Å². The minimum absolute atomic E-state index is 0.620. The van der Waals surface area contributed by atoms with Crippen molar-refractivity contribution >= 4 is 22.5 Å². The van der Waals surface area contributed by atoms with E-state index in [1.807, 2.05) is 53.5 Å². The van der Waals surface area contributed by atoms with Gasteiger partial charge in [-0.05, 0) is 18.6 Å². The van der Waals surface area contributed by atoms with Crippen molar-refractivity contribution < 1.29 is 5.11 Å². The number of hydrogen-bond acceptors (Lipinski definition) is 6. The maximum atomic E-state index is 11.4. The first-order chi connectivity index (χ1) is 14.6. The van der Waals surface area contributed by atoms with E-state index in [0.29, 0.717) is 12.2 Å². The lowest BCUT2D eigenvalue weighted by molar-refractivity contribution is 0.0786. The second-order valence-electron chi connectivity index (χ2n) is 7.58. The minimum Gasteiger partial charge on any atom is -0.377 e. The normalized spacial score (nSPS) is 18.2. The summed E-state index contributed by atoms with van der Waals surface area (Å²) in [6.45, 7) is 2.69. The van der Waals surface area contributed by atoms with Crippen LogP contribution in [0.5, 0.6) is 0 Å². The fourth-order valence-electron chi connectivity index (χ4n) is 4.13. The molecule has 4 aromatic heterocycles. The van der Waals surface area contributed by atoms with Gasteiger partial charge >= 0.3 is 0 Å². The fourth-order valence-corrected chi connectivity index (χ4v) is 4.98. The molecule has 0 saturated carbocycles. The second-order valence-corrected chi connectivity index (χ2v) is 8.44. The van der Waals surface area contributed by atoms with Crippen molar-refractivity contribution in [3.63, 3.8) is 0 Å². The smallest absolute Gasteiger partial charge is 0.156 e. The Kier molecular flexibility index (Phi) is 3.68. The zero-order valence-corrected chi connectivity index (χ0v) is 17.0. The summed E-state index contributed by atoms with van der Waals surface area (Å²) in [5.74, 6) is 0.700. The lowest BCUT2D eigenvalue weighted by Crippen LogP contribution is -2.25. The minimum atomic E-state index is -1.07. The first-order valence-electron chi connectivity index (χ1n) is 9.73. The van der Waals surface area contributed by atoms with Gasteiger partial charge < -0.3 is 14.7 Å². The largest absolute Gasteiger partial charge is 0.377 e. The first-order valence-corrected chi connectivity index (χ1v) is 10.6. The quantitative estimate of drug-likeness (QED) is 0.467. The molecule has 30 heavy (non-hydrogen) atoms. The Morgan fingerprint density at radius 3 is 3.10 bits per heavy atom. The zero-order valence-electron chi connectivity index (χ0n) is 16.2. The number of aromatic nitrogens is 6. The number of imidazole rings is 1. The van der Waals surface area contributed by atoms with Gasteiger partial charge in [-0.2, -0.15) is 0 Å². The molecule has 1 unspecified atom stereocenters. The summed E-state index contributed by atoms with van der Waals surface area (Å²) in [4.78, 5) is 21.4. The highest BCUT2D eigenvalue weighted by Gasteiger charge is 2.40. The molecule has 0 aliphatic carbocycles. The fraction of sp³-hybridized carbons (Fsp3) is 0.182. The average molecular weight is 414 g/mol. The van der Waals surface area contributed by atoms with Crippen LogP contribution >= 0.6 is 11.3 Å². The van der Waals surface area contributed by atoms with E-state index in [1.54, 1.807) is 23.7 Å². The van der Waals surface area contributed by atoms with Crippen molar-refractivity contribution in [2.24, 2.45) is 0 Å². The Morgan fingerprint density at radius 2 is 2.17 bits per heavy atom. The Labute approximate surface area is 176 Å². The van der Waals surface area contributed by atoms with E-state index in [4.69, 9.17) is 4.98 Å². The third-order valence-electron chi connectivity index (χ3n) is 5.67. The van der Waals surface area contributed by atoms with E-state index in [1.165, 1.54) is 0 Å². The van der Waals surface area contributed by atoms with Crippen molar-refractivity contribution in [3.05, 3.63) is 71.5 Å². The summed E-state index contributed by atoms with van der Waals surface area (Å²) in [6, 6.07) is 7.96. The molecule has 0 saturated heterocycles. The van der Waals surface area contributed by atoms with E-state index < -0.39 is 5.60 Å². The third kappa shape index (κ3) is 2.54. The number of nitrogens with zero attached hydrogens (tertiary/aromatic N) is 5. The number of aromatic amines is 1. The van der Waals surface area contributed by atoms with Crippen molar-refractivity contribution in [1.82, 2.24) is 29.5 Å². The predicted molar refractivity (Wildman–Crippen MR) is 115 cm³/mol.